The van der Waals surface area contributed by atoms with E-state index in [-0.39, 0.29) is 11.8 Å². The van der Waals surface area contributed by atoms with Crippen LogP contribution >= 0.6 is 0 Å². The van der Waals surface area contributed by atoms with E-state index in [1.165, 1.54) is 0 Å². The fourth-order valence-electron chi connectivity index (χ4n) is 2.57. The van der Waals surface area contributed by atoms with Gasteiger partial charge in [-0.05, 0) is 19.3 Å². The maximum absolute atomic E-state index is 11.8. The van der Waals surface area contributed by atoms with Gasteiger partial charge in [0.25, 0.3) is 0 Å². The zero-order chi connectivity index (χ0) is 15.3. The van der Waals surface area contributed by atoms with Gasteiger partial charge >= 0.3 is 0 Å². The van der Waals surface area contributed by atoms with Crippen molar-refractivity contribution in [1.82, 2.24) is 15.5 Å². The Kier molecular flexibility index (Phi) is 5.33. The molecule has 0 atom stereocenters. The average molecular weight is 295 g/mol. The Balaban J connectivity index is 1.64. The lowest BCUT2D eigenvalue weighted by molar-refractivity contribution is -0.122. The summed E-state index contributed by atoms with van der Waals surface area (Å²) < 4.78 is 5.13. The average Bonchev–Trinajstić information content (AvgIpc) is 3.06. The lowest BCUT2D eigenvalue weighted by atomic mass is 10.0. The van der Waals surface area contributed by atoms with Gasteiger partial charge in [-0.3, -0.25) is 4.79 Å². The zero-order valence-corrected chi connectivity index (χ0v) is 12.9. The van der Waals surface area contributed by atoms with Gasteiger partial charge in [-0.15, -0.1) is 0 Å². The molecule has 0 spiro atoms. The van der Waals surface area contributed by atoms with Gasteiger partial charge in [-0.2, -0.15) is 4.98 Å². The van der Waals surface area contributed by atoms with Gasteiger partial charge in [-0.1, -0.05) is 31.8 Å². The van der Waals surface area contributed by atoms with Crippen LogP contribution in [0.1, 0.15) is 70.0 Å². The monoisotopic (exact) mass is 295 g/mol. The van der Waals surface area contributed by atoms with Crippen LogP contribution in [0.25, 0.3) is 0 Å². The first-order chi connectivity index (χ1) is 9.98. The highest BCUT2D eigenvalue weighted by Gasteiger charge is 2.31. The van der Waals surface area contributed by atoms with Crippen LogP contribution in [0.4, 0.5) is 0 Å². The minimum atomic E-state index is -0.686. The molecule has 6 nitrogen and oxygen atoms in total. The van der Waals surface area contributed by atoms with Crippen molar-refractivity contribution in [3.05, 3.63) is 11.7 Å². The van der Waals surface area contributed by atoms with Gasteiger partial charge < -0.3 is 14.9 Å². The van der Waals surface area contributed by atoms with Crippen LogP contribution in [0.2, 0.25) is 0 Å². The Bertz CT molecular complexity index is 464. The van der Waals surface area contributed by atoms with Gasteiger partial charge in [0, 0.05) is 25.3 Å². The summed E-state index contributed by atoms with van der Waals surface area (Å²) in [4.78, 5) is 16.0. The highest BCUT2D eigenvalue weighted by Crippen LogP contribution is 2.28. The van der Waals surface area contributed by atoms with Crippen LogP contribution in [0.15, 0.2) is 4.52 Å². The third kappa shape index (κ3) is 4.81. The van der Waals surface area contributed by atoms with Crippen molar-refractivity contribution in [3.8, 4) is 0 Å². The number of carbonyl (C=O) groups is 1. The van der Waals surface area contributed by atoms with E-state index in [4.69, 9.17) is 4.52 Å². The second-order valence-electron chi connectivity index (χ2n) is 6.26. The summed E-state index contributed by atoms with van der Waals surface area (Å²) in [5.41, 5.74) is -0.686. The minimum Gasteiger partial charge on any atom is -0.388 e. The number of hydrogen-bond donors (Lipinski definition) is 2. The number of nitrogens with zero attached hydrogens (tertiary/aromatic N) is 2. The minimum absolute atomic E-state index is 0.0288. The molecule has 1 aliphatic carbocycles. The second kappa shape index (κ2) is 7.02. The standard InChI is InChI=1S/C15H25N3O3/c1-11(2)14-17-13(21-18-14)7-5-6-12(19)16-10-15(20)8-3-4-9-15/h11,20H,3-10H2,1-2H3,(H,16,19). The molecule has 0 saturated heterocycles. The quantitative estimate of drug-likeness (QED) is 0.802. The van der Waals surface area contributed by atoms with Gasteiger partial charge in [0.2, 0.25) is 11.8 Å². The lowest BCUT2D eigenvalue weighted by Crippen LogP contribution is -2.40. The Labute approximate surface area is 125 Å². The van der Waals surface area contributed by atoms with Gasteiger partial charge in [0.05, 0.1) is 5.60 Å². The zero-order valence-electron chi connectivity index (χ0n) is 12.9. The SMILES string of the molecule is CC(C)c1noc(CCCC(=O)NCC2(O)CCCC2)n1. The van der Waals surface area contributed by atoms with E-state index in [1.54, 1.807) is 0 Å². The second-order valence-corrected chi connectivity index (χ2v) is 6.26. The molecule has 1 amide bonds. The van der Waals surface area contributed by atoms with Crippen LogP contribution < -0.4 is 5.32 Å². The normalized spacial score (nSPS) is 17.3. The topological polar surface area (TPSA) is 88.2 Å². The number of aliphatic hydroxyl groups is 1. The van der Waals surface area contributed by atoms with E-state index in [2.05, 4.69) is 15.5 Å². The van der Waals surface area contributed by atoms with Crippen molar-refractivity contribution in [1.29, 1.82) is 0 Å². The molecule has 1 aromatic heterocycles. The third-order valence-electron chi connectivity index (χ3n) is 3.94. The van der Waals surface area contributed by atoms with Crippen LogP contribution in [0.5, 0.6) is 0 Å². The maximum Gasteiger partial charge on any atom is 0.226 e. The number of nitrogens with one attached hydrogen (secondary N) is 1. The molecule has 1 aliphatic rings. The van der Waals surface area contributed by atoms with E-state index < -0.39 is 5.60 Å². The van der Waals surface area contributed by atoms with Crippen molar-refractivity contribution in [3.63, 3.8) is 0 Å². The molecule has 0 unspecified atom stereocenters. The number of rotatable bonds is 7. The van der Waals surface area contributed by atoms with E-state index in [9.17, 15) is 9.90 Å². The highest BCUT2D eigenvalue weighted by molar-refractivity contribution is 5.75. The van der Waals surface area contributed by atoms with Gasteiger partial charge in [0.1, 0.15) is 0 Å². The number of carbonyl (C=O) groups excluding carboxylic acids is 1. The molecule has 2 rings (SSSR count). The molecule has 21 heavy (non-hydrogen) atoms. The number of hydrogen-bond acceptors (Lipinski definition) is 5. The summed E-state index contributed by atoms with van der Waals surface area (Å²) in [6, 6.07) is 0. The lowest BCUT2D eigenvalue weighted by Gasteiger charge is -2.22. The van der Waals surface area contributed by atoms with Crippen LogP contribution in [0.3, 0.4) is 0 Å². The number of amides is 1. The maximum atomic E-state index is 11.8. The Hall–Kier alpha value is -1.43. The van der Waals surface area contributed by atoms with Gasteiger partial charge in [-0.25, -0.2) is 0 Å². The molecule has 118 valence electrons. The molecular weight excluding hydrogens is 270 g/mol. The van der Waals surface area contributed by atoms with Crippen molar-refractivity contribution < 1.29 is 14.4 Å². The third-order valence-corrected chi connectivity index (χ3v) is 3.94. The van der Waals surface area contributed by atoms with Crippen molar-refractivity contribution >= 4 is 5.91 Å². The molecule has 0 aliphatic heterocycles. The van der Waals surface area contributed by atoms with Crippen molar-refractivity contribution in [2.24, 2.45) is 0 Å². The van der Waals surface area contributed by atoms with Crippen LogP contribution in [0, 0.1) is 0 Å². The van der Waals surface area contributed by atoms with Crippen molar-refractivity contribution in [2.75, 3.05) is 6.54 Å². The summed E-state index contributed by atoms with van der Waals surface area (Å²) in [7, 11) is 0. The smallest absolute Gasteiger partial charge is 0.226 e. The van der Waals surface area contributed by atoms with Crippen molar-refractivity contribution in [2.45, 2.75) is 70.3 Å². The summed E-state index contributed by atoms with van der Waals surface area (Å²) >= 11 is 0. The molecule has 0 aromatic carbocycles. The molecule has 0 bridgehead atoms. The summed E-state index contributed by atoms with van der Waals surface area (Å²) in [5, 5.41) is 16.9. The Morgan fingerprint density at radius 1 is 1.43 bits per heavy atom. The van der Waals surface area contributed by atoms with Crippen LogP contribution in [-0.4, -0.2) is 33.3 Å². The van der Waals surface area contributed by atoms with E-state index in [0.717, 1.165) is 25.7 Å². The van der Waals surface area contributed by atoms with Crippen LogP contribution in [-0.2, 0) is 11.2 Å². The predicted molar refractivity (Wildman–Crippen MR) is 77.8 cm³/mol. The molecule has 1 heterocycles. The van der Waals surface area contributed by atoms with Gasteiger partial charge in [0.15, 0.2) is 5.82 Å². The first kappa shape index (κ1) is 15.9. The molecule has 1 saturated carbocycles. The van der Waals surface area contributed by atoms with E-state index in [0.29, 0.717) is 37.5 Å². The number of aromatic nitrogens is 2. The summed E-state index contributed by atoms with van der Waals surface area (Å²) in [6.45, 7) is 4.38. The number of aryl methyl sites for hydroxylation is 1. The molecular formula is C15H25N3O3. The molecule has 1 aromatic rings. The van der Waals surface area contributed by atoms with E-state index in [1.807, 2.05) is 13.8 Å². The fourth-order valence-corrected chi connectivity index (χ4v) is 2.57. The van der Waals surface area contributed by atoms with E-state index >= 15 is 0 Å². The Morgan fingerprint density at radius 3 is 2.76 bits per heavy atom. The first-order valence-electron chi connectivity index (χ1n) is 7.80. The molecule has 2 N–H and O–H groups in total. The molecule has 1 fully saturated rings. The Morgan fingerprint density at radius 2 is 2.14 bits per heavy atom. The highest BCUT2D eigenvalue weighted by atomic mass is 16.5. The fraction of sp³-hybridized carbons (Fsp3) is 0.800. The largest absolute Gasteiger partial charge is 0.388 e. The molecule has 0 radical (unpaired) electrons. The summed E-state index contributed by atoms with van der Waals surface area (Å²) in [6.07, 6.45) is 5.35. The summed E-state index contributed by atoms with van der Waals surface area (Å²) in [5.74, 6) is 1.51. The molecule has 6 heteroatoms. The predicted octanol–water partition coefficient (Wildman–Crippen LogP) is 1.94. The first-order valence-corrected chi connectivity index (χ1v) is 7.80.